The number of aromatic nitrogens is 2. The lowest BCUT2D eigenvalue weighted by molar-refractivity contribution is 0.724. The van der Waals surface area contributed by atoms with Crippen molar-refractivity contribution in [3.05, 3.63) is 24.3 Å². The van der Waals surface area contributed by atoms with Crippen molar-refractivity contribution in [2.75, 3.05) is 0 Å². The van der Waals surface area contributed by atoms with Crippen molar-refractivity contribution >= 4 is 0 Å². The van der Waals surface area contributed by atoms with Gasteiger partial charge in [-0.2, -0.15) is 0 Å². The molecule has 1 rings (SSSR count). The van der Waals surface area contributed by atoms with Gasteiger partial charge in [0.2, 0.25) is 0 Å². The maximum absolute atomic E-state index is 5.13. The van der Waals surface area contributed by atoms with E-state index in [1.54, 1.807) is 12.4 Å². The normalized spacial score (nSPS) is 9.25. The van der Waals surface area contributed by atoms with E-state index in [1.807, 2.05) is 6.07 Å². The molecule has 1 heterocycles. The van der Waals surface area contributed by atoms with Crippen LogP contribution in [0.2, 0.25) is 0 Å². The summed E-state index contributed by atoms with van der Waals surface area (Å²) in [6, 6.07) is 1.82. The Morgan fingerprint density at radius 3 is 2.67 bits per heavy atom. The summed E-state index contributed by atoms with van der Waals surface area (Å²) in [7, 11) is 0. The van der Waals surface area contributed by atoms with Crippen LogP contribution in [0.25, 0.3) is 0 Å². The number of terminal acetylenes is 1. The molecule has 0 aromatic carbocycles. The average Bonchev–Trinajstić information content (AvgIpc) is 2.14. The van der Waals surface area contributed by atoms with Gasteiger partial charge in [0.25, 0.3) is 0 Å². The highest BCUT2D eigenvalue weighted by atomic mass is 14.8. The van der Waals surface area contributed by atoms with Crippen LogP contribution in [-0.4, -0.2) is 9.97 Å². The summed E-state index contributed by atoms with van der Waals surface area (Å²) in [4.78, 5) is 8.23. The Labute approximate surface area is 73.1 Å². The highest BCUT2D eigenvalue weighted by Gasteiger charge is 1.92. The molecule has 0 N–H and O–H groups in total. The smallest absolute Gasteiger partial charge is 0.128 e. The molecular formula is C10H12N2. The lowest BCUT2D eigenvalue weighted by atomic mass is 10.2. The second kappa shape index (κ2) is 5.31. The van der Waals surface area contributed by atoms with E-state index in [2.05, 4.69) is 15.9 Å². The fourth-order valence-corrected chi connectivity index (χ4v) is 0.969. The van der Waals surface area contributed by atoms with Crippen LogP contribution in [0.5, 0.6) is 0 Å². The first-order valence-electron chi connectivity index (χ1n) is 4.13. The van der Waals surface area contributed by atoms with Crippen molar-refractivity contribution in [2.45, 2.75) is 25.7 Å². The first-order valence-corrected chi connectivity index (χ1v) is 4.13. The van der Waals surface area contributed by atoms with Gasteiger partial charge in [0.05, 0.1) is 0 Å². The topological polar surface area (TPSA) is 25.8 Å². The van der Waals surface area contributed by atoms with E-state index in [1.165, 1.54) is 0 Å². The SMILES string of the molecule is C#CCCCCc1ncccn1. The minimum absolute atomic E-state index is 0.854. The molecule has 0 aliphatic rings. The summed E-state index contributed by atoms with van der Waals surface area (Å²) in [6.07, 6.45) is 12.6. The van der Waals surface area contributed by atoms with E-state index < -0.39 is 0 Å². The van der Waals surface area contributed by atoms with Gasteiger partial charge in [-0.05, 0) is 18.9 Å². The van der Waals surface area contributed by atoms with Crippen molar-refractivity contribution in [2.24, 2.45) is 0 Å². The highest BCUT2D eigenvalue weighted by Crippen LogP contribution is 1.99. The third-order valence-electron chi connectivity index (χ3n) is 1.59. The molecule has 1 aromatic heterocycles. The summed E-state index contributed by atoms with van der Waals surface area (Å²) < 4.78 is 0. The molecule has 2 nitrogen and oxygen atoms in total. The van der Waals surface area contributed by atoms with Crippen molar-refractivity contribution < 1.29 is 0 Å². The standard InChI is InChI=1S/C10H12N2/c1-2-3-4-5-7-10-11-8-6-9-12-10/h1,6,8-9H,3-5,7H2. The Bertz CT molecular complexity index is 248. The van der Waals surface area contributed by atoms with Gasteiger partial charge in [-0.3, -0.25) is 0 Å². The zero-order chi connectivity index (χ0) is 8.65. The monoisotopic (exact) mass is 160 g/mol. The maximum atomic E-state index is 5.13. The predicted molar refractivity (Wildman–Crippen MR) is 48.4 cm³/mol. The molecular weight excluding hydrogens is 148 g/mol. The lowest BCUT2D eigenvalue weighted by Crippen LogP contribution is -1.92. The summed E-state index contributed by atoms with van der Waals surface area (Å²) in [5.41, 5.74) is 0. The van der Waals surface area contributed by atoms with E-state index in [-0.39, 0.29) is 0 Å². The van der Waals surface area contributed by atoms with Crippen molar-refractivity contribution in [1.29, 1.82) is 0 Å². The molecule has 62 valence electrons. The van der Waals surface area contributed by atoms with Crippen LogP contribution in [0.3, 0.4) is 0 Å². The Kier molecular flexibility index (Phi) is 3.87. The lowest BCUT2D eigenvalue weighted by Gasteiger charge is -1.96. The summed E-state index contributed by atoms with van der Waals surface area (Å²) in [5, 5.41) is 0. The van der Waals surface area contributed by atoms with Crippen LogP contribution in [0.1, 0.15) is 25.1 Å². The molecule has 0 radical (unpaired) electrons. The van der Waals surface area contributed by atoms with Crippen LogP contribution in [0, 0.1) is 12.3 Å². The van der Waals surface area contributed by atoms with Gasteiger partial charge in [0.1, 0.15) is 5.82 Å². The molecule has 0 saturated heterocycles. The zero-order valence-corrected chi connectivity index (χ0v) is 7.03. The largest absolute Gasteiger partial charge is 0.241 e. The van der Waals surface area contributed by atoms with Crippen LogP contribution < -0.4 is 0 Å². The molecule has 0 saturated carbocycles. The fraction of sp³-hybridized carbons (Fsp3) is 0.400. The quantitative estimate of drug-likeness (QED) is 0.496. The number of aryl methyl sites for hydroxylation is 1. The Hall–Kier alpha value is -1.36. The minimum Gasteiger partial charge on any atom is -0.241 e. The van der Waals surface area contributed by atoms with Gasteiger partial charge < -0.3 is 0 Å². The molecule has 12 heavy (non-hydrogen) atoms. The van der Waals surface area contributed by atoms with Crippen molar-refractivity contribution in [1.82, 2.24) is 9.97 Å². The molecule has 0 aliphatic heterocycles. The summed E-state index contributed by atoms with van der Waals surface area (Å²) in [6.45, 7) is 0. The molecule has 0 amide bonds. The van der Waals surface area contributed by atoms with Crippen molar-refractivity contribution in [3.63, 3.8) is 0 Å². The fourth-order valence-electron chi connectivity index (χ4n) is 0.969. The predicted octanol–water partition coefficient (Wildman–Crippen LogP) is 1.82. The average molecular weight is 160 g/mol. The molecule has 0 atom stereocenters. The van der Waals surface area contributed by atoms with E-state index in [0.717, 1.165) is 31.5 Å². The van der Waals surface area contributed by atoms with Crippen molar-refractivity contribution in [3.8, 4) is 12.3 Å². The number of nitrogens with zero attached hydrogens (tertiary/aromatic N) is 2. The second-order valence-corrected chi connectivity index (χ2v) is 2.58. The van der Waals surface area contributed by atoms with Gasteiger partial charge in [-0.1, -0.05) is 0 Å². The number of hydrogen-bond acceptors (Lipinski definition) is 2. The van der Waals surface area contributed by atoms with Crippen LogP contribution in [0.4, 0.5) is 0 Å². The third-order valence-corrected chi connectivity index (χ3v) is 1.59. The second-order valence-electron chi connectivity index (χ2n) is 2.58. The number of unbranched alkanes of at least 4 members (excludes halogenated alkanes) is 2. The Morgan fingerprint density at radius 1 is 1.25 bits per heavy atom. The van der Waals surface area contributed by atoms with E-state index in [0.29, 0.717) is 0 Å². The third kappa shape index (κ3) is 3.16. The molecule has 0 spiro atoms. The molecule has 0 unspecified atom stereocenters. The van der Waals surface area contributed by atoms with Crippen LogP contribution in [-0.2, 0) is 6.42 Å². The molecule has 1 aromatic rings. The first-order chi connectivity index (χ1) is 5.93. The molecule has 0 bridgehead atoms. The Balaban J connectivity index is 2.21. The number of rotatable bonds is 4. The van der Waals surface area contributed by atoms with Gasteiger partial charge >= 0.3 is 0 Å². The van der Waals surface area contributed by atoms with E-state index in [4.69, 9.17) is 6.42 Å². The summed E-state index contributed by atoms with van der Waals surface area (Å²) >= 11 is 0. The van der Waals surface area contributed by atoms with E-state index in [9.17, 15) is 0 Å². The van der Waals surface area contributed by atoms with E-state index >= 15 is 0 Å². The molecule has 0 aliphatic carbocycles. The van der Waals surface area contributed by atoms with Crippen LogP contribution in [0.15, 0.2) is 18.5 Å². The minimum atomic E-state index is 0.854. The summed E-state index contributed by atoms with van der Waals surface area (Å²) in [5.74, 6) is 3.52. The number of hydrogen-bond donors (Lipinski definition) is 0. The zero-order valence-electron chi connectivity index (χ0n) is 7.03. The van der Waals surface area contributed by atoms with Gasteiger partial charge in [0, 0.05) is 25.2 Å². The van der Waals surface area contributed by atoms with Gasteiger partial charge in [-0.25, -0.2) is 9.97 Å². The first kappa shape index (κ1) is 8.73. The highest BCUT2D eigenvalue weighted by molar-refractivity contribution is 4.89. The maximum Gasteiger partial charge on any atom is 0.128 e. The van der Waals surface area contributed by atoms with Crippen LogP contribution >= 0.6 is 0 Å². The molecule has 2 heteroatoms. The van der Waals surface area contributed by atoms with Gasteiger partial charge in [-0.15, -0.1) is 12.3 Å². The Morgan fingerprint density at radius 2 is 2.00 bits per heavy atom. The van der Waals surface area contributed by atoms with Gasteiger partial charge in [0.15, 0.2) is 0 Å². The molecule has 0 fully saturated rings.